The fraction of sp³-hybridized carbons (Fsp3) is 0. The Kier molecular flexibility index (Phi) is 8.71. The molecule has 8 aromatic carbocycles. The molecule has 10 radical (unpaired) electrons. The third kappa shape index (κ3) is 5.96. The van der Waals surface area contributed by atoms with Crippen molar-refractivity contribution in [3.05, 3.63) is 170 Å². The Bertz CT molecular complexity index is 3520. The van der Waals surface area contributed by atoms with Crippen molar-refractivity contribution in [1.29, 1.82) is 0 Å². The van der Waals surface area contributed by atoms with Crippen LogP contribution in [0.5, 0.6) is 0 Å². The van der Waals surface area contributed by atoms with Crippen molar-refractivity contribution in [2.45, 2.75) is 0 Å². The number of aromatic nitrogens is 5. The van der Waals surface area contributed by atoms with E-state index >= 15 is 0 Å². The summed E-state index contributed by atoms with van der Waals surface area (Å²) in [6.07, 6.45) is 0. The molecule has 0 aliphatic heterocycles. The van der Waals surface area contributed by atoms with Gasteiger partial charge in [-0.3, -0.25) is 4.57 Å². The van der Waals surface area contributed by atoms with E-state index in [1.165, 1.54) is 0 Å². The van der Waals surface area contributed by atoms with Gasteiger partial charge in [0.1, 0.15) is 39.2 Å². The van der Waals surface area contributed by atoms with Gasteiger partial charge in [-0.1, -0.05) is 138 Å². The maximum absolute atomic E-state index is 6.69. The number of nitrogens with zero attached hydrogens (tertiary/aromatic N) is 5. The van der Waals surface area contributed by atoms with Crippen LogP contribution in [0.15, 0.2) is 170 Å². The van der Waals surface area contributed by atoms with Gasteiger partial charge in [0.15, 0.2) is 11.6 Å². The highest BCUT2D eigenvalue weighted by Gasteiger charge is 2.23. The Balaban J connectivity index is 1.22. The molecular formula is C51H28B5N5. The van der Waals surface area contributed by atoms with E-state index in [0.717, 1.165) is 77.1 Å². The van der Waals surface area contributed by atoms with Crippen LogP contribution in [0.25, 0.3) is 100 Å². The molecule has 11 rings (SSSR count). The number of rotatable bonds is 6. The largest absolute Gasteiger partial charge is 0.309 e. The molecule has 0 atom stereocenters. The molecular weight excluding hydrogens is 737 g/mol. The van der Waals surface area contributed by atoms with E-state index < -0.39 is 0 Å². The van der Waals surface area contributed by atoms with Gasteiger partial charge >= 0.3 is 0 Å². The highest BCUT2D eigenvalue weighted by Crippen LogP contribution is 2.40. The van der Waals surface area contributed by atoms with Gasteiger partial charge in [0.25, 0.3) is 0 Å². The maximum atomic E-state index is 6.69. The number of hydrogen-bond acceptors (Lipinski definition) is 3. The van der Waals surface area contributed by atoms with Crippen LogP contribution in [0.2, 0.25) is 0 Å². The molecule has 0 aliphatic rings. The average Bonchev–Trinajstić information content (AvgIpc) is 3.82. The second kappa shape index (κ2) is 14.5. The molecule has 3 heterocycles. The molecule has 0 N–H and O–H groups in total. The molecule has 0 amide bonds. The van der Waals surface area contributed by atoms with Gasteiger partial charge in [-0.25, -0.2) is 4.98 Å². The predicted octanol–water partition coefficient (Wildman–Crippen LogP) is 6.70. The summed E-state index contributed by atoms with van der Waals surface area (Å²) in [5.74, 6) is 0.971. The zero-order chi connectivity index (χ0) is 41.4. The highest BCUT2D eigenvalue weighted by atomic mass is 15.2. The minimum Gasteiger partial charge on any atom is -0.309 e. The zero-order valence-electron chi connectivity index (χ0n) is 32.8. The van der Waals surface area contributed by atoms with Gasteiger partial charge in [-0.05, 0) is 64.7 Å². The number of fused-ring (bicyclic) bond motifs is 6. The summed E-state index contributed by atoms with van der Waals surface area (Å²) in [6.45, 7) is 0. The lowest BCUT2D eigenvalue weighted by Crippen LogP contribution is -2.55. The Hall–Kier alpha value is -7.31. The summed E-state index contributed by atoms with van der Waals surface area (Å²) in [4.78, 5) is 15.4. The van der Waals surface area contributed by atoms with Crippen LogP contribution in [0.3, 0.4) is 0 Å². The fourth-order valence-corrected chi connectivity index (χ4v) is 8.64. The molecule has 10 heteroatoms. The van der Waals surface area contributed by atoms with Gasteiger partial charge < -0.3 is 4.57 Å². The molecule has 0 aliphatic carbocycles. The van der Waals surface area contributed by atoms with E-state index in [-0.39, 0.29) is 38.7 Å². The second-order valence-corrected chi connectivity index (χ2v) is 15.2. The summed E-state index contributed by atoms with van der Waals surface area (Å²) in [5.41, 5.74) is 11.0. The van der Waals surface area contributed by atoms with Crippen molar-refractivity contribution < 1.29 is 0 Å². The normalized spacial score (nSPS) is 11.6. The monoisotopic (exact) mass is 765 g/mol. The number of para-hydroxylation sites is 2. The molecule has 11 aromatic rings. The van der Waals surface area contributed by atoms with Crippen molar-refractivity contribution in [3.63, 3.8) is 0 Å². The van der Waals surface area contributed by atoms with Crippen LogP contribution >= 0.6 is 0 Å². The van der Waals surface area contributed by atoms with Gasteiger partial charge in [0.2, 0.25) is 5.95 Å². The molecule has 0 fully saturated rings. The van der Waals surface area contributed by atoms with Crippen LogP contribution in [0, 0.1) is 0 Å². The van der Waals surface area contributed by atoms with E-state index in [9.17, 15) is 0 Å². The van der Waals surface area contributed by atoms with Crippen LogP contribution in [-0.4, -0.2) is 63.3 Å². The van der Waals surface area contributed by atoms with Gasteiger partial charge in [0.05, 0.1) is 22.1 Å². The molecule has 0 saturated carbocycles. The lowest BCUT2D eigenvalue weighted by molar-refractivity contribution is 0.955. The Morgan fingerprint density at radius 2 is 0.787 bits per heavy atom. The molecule has 0 unspecified atom stereocenters. The van der Waals surface area contributed by atoms with Gasteiger partial charge in [-0.2, -0.15) is 9.97 Å². The summed E-state index contributed by atoms with van der Waals surface area (Å²) in [7, 11) is 32.5. The molecule has 0 bridgehead atoms. The first-order valence-electron chi connectivity index (χ1n) is 19.9. The molecule has 0 spiro atoms. The summed E-state index contributed by atoms with van der Waals surface area (Å²) in [6, 6.07) is 58.7. The lowest BCUT2D eigenvalue weighted by Gasteiger charge is -2.21. The topological polar surface area (TPSA) is 48.5 Å². The molecule has 5 nitrogen and oxygen atoms in total. The summed E-state index contributed by atoms with van der Waals surface area (Å²) in [5, 5.41) is 4.35. The van der Waals surface area contributed by atoms with Gasteiger partial charge in [0, 0.05) is 38.4 Å². The van der Waals surface area contributed by atoms with Crippen molar-refractivity contribution in [1.82, 2.24) is 24.1 Å². The van der Waals surface area contributed by atoms with Crippen molar-refractivity contribution in [2.75, 3.05) is 0 Å². The third-order valence-corrected chi connectivity index (χ3v) is 11.7. The van der Waals surface area contributed by atoms with E-state index in [2.05, 4.69) is 137 Å². The van der Waals surface area contributed by atoms with Crippen LogP contribution in [0.1, 0.15) is 0 Å². The molecule has 0 saturated heterocycles. The second-order valence-electron chi connectivity index (χ2n) is 15.2. The first kappa shape index (κ1) is 36.8. The Morgan fingerprint density at radius 1 is 0.311 bits per heavy atom. The lowest BCUT2D eigenvalue weighted by atomic mass is 9.60. The number of hydrogen-bond donors (Lipinski definition) is 0. The number of benzene rings is 8. The van der Waals surface area contributed by atoms with Gasteiger partial charge in [-0.15, -0.1) is 16.4 Å². The first-order chi connectivity index (χ1) is 29.8. The van der Waals surface area contributed by atoms with Crippen molar-refractivity contribution in [2.24, 2.45) is 0 Å². The Morgan fingerprint density at radius 3 is 1.43 bits per heavy atom. The SMILES string of the molecule is [B]c1c([B])c([B])c(-c2nc(-c3cccc(-c4ccccc4)c3)nc(-n3c4ccccc4c4cc5c6ccccc6n(-c6cccc(-c7ccccc7)c6)c5cc43)n2)c([B])c1[B]. The quantitative estimate of drug-likeness (QED) is 0.177. The Labute approximate surface area is 359 Å². The van der Waals surface area contributed by atoms with Crippen molar-refractivity contribution in [3.8, 4) is 56.7 Å². The molecule has 3 aromatic heterocycles. The van der Waals surface area contributed by atoms with Crippen LogP contribution < -0.4 is 27.3 Å². The fourth-order valence-electron chi connectivity index (χ4n) is 8.64. The van der Waals surface area contributed by atoms with E-state index in [4.69, 9.17) is 54.2 Å². The average molecular weight is 765 g/mol. The van der Waals surface area contributed by atoms with E-state index in [1.807, 2.05) is 42.5 Å². The first-order valence-corrected chi connectivity index (χ1v) is 19.9. The smallest absolute Gasteiger partial charge is 0.238 e. The van der Waals surface area contributed by atoms with E-state index in [1.54, 1.807) is 0 Å². The standard InChI is InChI=1S/C51H28B5N5/c52-44-43(45(53)47(55)48(56)46(44)54)50-57-49(33-19-11-17-31(25-33)29-13-3-1-4-14-29)58-51(59-50)61-40-24-10-8-22-36(40)38-27-37-35-21-7-9-23-39(35)60(41(37)28-42(38)61)34-20-12-18-32(26-34)30-15-5-2-6-16-30/h1-28H. The summed E-state index contributed by atoms with van der Waals surface area (Å²) < 4.78 is 4.41. The maximum Gasteiger partial charge on any atom is 0.238 e. The minimum atomic E-state index is 0.111. The minimum absolute atomic E-state index is 0.111. The predicted molar refractivity (Wildman–Crippen MR) is 257 cm³/mol. The van der Waals surface area contributed by atoms with Crippen molar-refractivity contribution >= 4 is 110 Å². The zero-order valence-corrected chi connectivity index (χ0v) is 32.8. The molecule has 61 heavy (non-hydrogen) atoms. The van der Waals surface area contributed by atoms with E-state index in [0.29, 0.717) is 11.8 Å². The van der Waals surface area contributed by atoms with Crippen LogP contribution in [-0.2, 0) is 0 Å². The molecule has 272 valence electrons. The highest BCUT2D eigenvalue weighted by molar-refractivity contribution is 6.68. The van der Waals surface area contributed by atoms with Crippen LogP contribution in [0.4, 0.5) is 0 Å². The summed E-state index contributed by atoms with van der Waals surface area (Å²) >= 11 is 0. The third-order valence-electron chi connectivity index (χ3n) is 11.7.